The number of nitrogens with zero attached hydrogens (tertiary/aromatic N) is 7. The van der Waals surface area contributed by atoms with Crippen molar-refractivity contribution in [3.05, 3.63) is 82.4 Å². The fraction of sp³-hybridized carbons (Fsp3) is 0.453. The van der Waals surface area contributed by atoms with E-state index in [0.717, 1.165) is 32.2 Å². The molecular weight excluding hydrogens is 945 g/mol. The van der Waals surface area contributed by atoms with Crippen LogP contribution in [0, 0.1) is 24.0 Å². The van der Waals surface area contributed by atoms with Crippen LogP contribution in [-0.2, 0) is 26.1 Å². The van der Waals surface area contributed by atoms with Crippen LogP contribution in [0.5, 0.6) is 11.8 Å². The number of amides is 3. The number of aryl methyl sites for hydroxylation is 1. The van der Waals surface area contributed by atoms with Gasteiger partial charge in [0.15, 0.2) is 5.82 Å². The number of pyridine rings is 1. The molecule has 10 rings (SSSR count). The number of hydrogen-bond donors (Lipinski definition) is 3. The molecule has 0 aliphatic carbocycles. The lowest BCUT2D eigenvalue weighted by Gasteiger charge is -2.39. The molecule has 4 atom stereocenters. The van der Waals surface area contributed by atoms with E-state index < -0.39 is 40.8 Å². The summed E-state index contributed by atoms with van der Waals surface area (Å²) >= 11 is 0. The Kier molecular flexibility index (Phi) is 13.8. The fourth-order valence-electron chi connectivity index (χ4n) is 11.2. The SMILES string of the molecule is C#Cc1c(F)ccc2cccc(-c3ncc4c(N5CCC[C@](O)(CC)C5)nc(OC[C@@]56CCCN5[C@H](COC(=O)NCCOCCOc5ccc7c(c5)n(C)c(=O)n7C5CCC(=O)NC5=O)CC6)nc4c3F)c12. The molecule has 18 nitrogen and oxygen atoms in total. The zero-order chi connectivity index (χ0) is 51.0. The average molecular weight is 1000 g/mol. The van der Waals surface area contributed by atoms with Gasteiger partial charge < -0.3 is 34.3 Å². The number of imidazole rings is 1. The summed E-state index contributed by atoms with van der Waals surface area (Å²) in [6.45, 7) is 4.79. The molecule has 3 N–H and O–H groups in total. The minimum atomic E-state index is -0.963. The van der Waals surface area contributed by atoms with Crippen LogP contribution in [-0.4, -0.2) is 128 Å². The normalized spacial score (nSPS) is 22.2. The standard InChI is InChI=1S/C53H57F2N9O9/c1-4-35-38(54)13-11-32-9-6-10-36(43(32)35)45-44(55)46-37(28-57-45)47(62-22-8-19-53(69,5-2)30-62)60-49(59-46)73-31-52-18-7-23-63(52)33(17-20-52)29-72-50(67)56-21-24-70-25-26-71-34-12-14-39-41(27-34)61(3)51(68)64(39)40-15-16-42(65)58-48(40)66/h1,6,9-14,27-28,33,40,69H,5,7-8,15-26,29-31H2,2-3H3,(H,56,67)(H,58,65,66)/t33-,40?,52-,53+/m0/s1. The first kappa shape index (κ1) is 49.4. The highest BCUT2D eigenvalue weighted by Gasteiger charge is 2.50. The number of aromatic nitrogens is 5. The van der Waals surface area contributed by atoms with E-state index in [4.69, 9.17) is 30.4 Å². The second kappa shape index (κ2) is 20.4. The van der Waals surface area contributed by atoms with Gasteiger partial charge in [-0.15, -0.1) is 6.42 Å². The second-order valence-corrected chi connectivity index (χ2v) is 19.4. The highest BCUT2D eigenvalue weighted by Crippen LogP contribution is 2.44. The predicted octanol–water partition coefficient (Wildman–Crippen LogP) is 5.67. The Hall–Kier alpha value is -7.21. The lowest BCUT2D eigenvalue weighted by Crippen LogP contribution is -2.48. The summed E-state index contributed by atoms with van der Waals surface area (Å²) < 4.78 is 58.7. The molecule has 1 unspecified atom stereocenters. The number of imide groups is 1. The summed E-state index contributed by atoms with van der Waals surface area (Å²) in [6.07, 6.45) is 12.2. The molecule has 3 amide bonds. The van der Waals surface area contributed by atoms with Gasteiger partial charge in [0, 0.05) is 62.4 Å². The lowest BCUT2D eigenvalue weighted by molar-refractivity contribution is -0.135. The van der Waals surface area contributed by atoms with Crippen LogP contribution < -0.4 is 30.7 Å². The van der Waals surface area contributed by atoms with Gasteiger partial charge in [-0.3, -0.25) is 33.9 Å². The summed E-state index contributed by atoms with van der Waals surface area (Å²) in [5, 5.41) is 17.8. The van der Waals surface area contributed by atoms with Gasteiger partial charge in [0.1, 0.15) is 54.5 Å². The fourth-order valence-corrected chi connectivity index (χ4v) is 11.2. The number of piperidine rings is 2. The number of halogens is 2. The van der Waals surface area contributed by atoms with Gasteiger partial charge in [-0.2, -0.15) is 9.97 Å². The van der Waals surface area contributed by atoms with E-state index in [9.17, 15) is 24.3 Å². The maximum Gasteiger partial charge on any atom is 0.407 e. The molecule has 6 aromatic rings. The van der Waals surface area contributed by atoms with Gasteiger partial charge in [-0.25, -0.2) is 18.4 Å². The zero-order valence-electron chi connectivity index (χ0n) is 40.8. The van der Waals surface area contributed by atoms with E-state index in [-0.39, 0.29) is 99.4 Å². The van der Waals surface area contributed by atoms with Gasteiger partial charge in [0.25, 0.3) is 0 Å². The first-order chi connectivity index (χ1) is 35.3. The molecule has 0 bridgehead atoms. The molecule has 4 aliphatic heterocycles. The number of anilines is 1. The Bertz CT molecular complexity index is 3250. The van der Waals surface area contributed by atoms with Crippen molar-refractivity contribution in [1.29, 1.82) is 0 Å². The number of fused-ring (bicyclic) bond motifs is 4. The molecule has 0 radical (unpaired) electrons. The maximum atomic E-state index is 17.1. The summed E-state index contributed by atoms with van der Waals surface area (Å²) in [5.74, 6) is 1.13. The van der Waals surface area contributed by atoms with Gasteiger partial charge in [-0.1, -0.05) is 37.1 Å². The second-order valence-electron chi connectivity index (χ2n) is 19.4. The minimum absolute atomic E-state index is 0.00725. The molecule has 4 aliphatic rings. The first-order valence-electron chi connectivity index (χ1n) is 24.9. The number of rotatable bonds is 16. The summed E-state index contributed by atoms with van der Waals surface area (Å²) in [4.78, 5) is 68.4. The number of nitrogens with one attached hydrogen (secondary N) is 2. The van der Waals surface area contributed by atoms with Crippen molar-refractivity contribution < 1.29 is 47.2 Å². The Morgan fingerprint density at radius 1 is 1.00 bits per heavy atom. The van der Waals surface area contributed by atoms with Crippen molar-refractivity contribution >= 4 is 56.4 Å². The lowest BCUT2D eigenvalue weighted by atomic mass is 9.90. The Morgan fingerprint density at radius 3 is 2.67 bits per heavy atom. The number of alkyl carbamates (subject to hydrolysis) is 1. The van der Waals surface area contributed by atoms with Crippen LogP contribution >= 0.6 is 0 Å². The van der Waals surface area contributed by atoms with Crippen LogP contribution in [0.3, 0.4) is 0 Å². The van der Waals surface area contributed by atoms with E-state index in [1.165, 1.54) is 21.4 Å². The maximum absolute atomic E-state index is 17.1. The van der Waals surface area contributed by atoms with Gasteiger partial charge >= 0.3 is 17.8 Å². The molecule has 0 saturated carbocycles. The van der Waals surface area contributed by atoms with Crippen molar-refractivity contribution in [2.75, 3.05) is 64.1 Å². The Balaban J connectivity index is 0.748. The quantitative estimate of drug-likeness (QED) is 0.0608. The smallest absolute Gasteiger partial charge is 0.407 e. The van der Waals surface area contributed by atoms with E-state index in [0.29, 0.717) is 70.1 Å². The number of ether oxygens (including phenoxy) is 4. The first-order valence-corrected chi connectivity index (χ1v) is 24.9. The van der Waals surface area contributed by atoms with E-state index in [2.05, 4.69) is 31.4 Å². The molecule has 382 valence electrons. The number of aliphatic hydroxyl groups is 1. The molecule has 7 heterocycles. The third kappa shape index (κ3) is 9.52. The van der Waals surface area contributed by atoms with Crippen LogP contribution in [0.1, 0.15) is 76.3 Å². The highest BCUT2D eigenvalue weighted by atomic mass is 19.1. The average Bonchev–Trinajstić information content (AvgIpc) is 4.04. The Labute approximate surface area is 419 Å². The third-order valence-corrected chi connectivity index (χ3v) is 15.1. The van der Waals surface area contributed by atoms with Gasteiger partial charge in [0.2, 0.25) is 11.8 Å². The van der Waals surface area contributed by atoms with Crippen LogP contribution in [0.15, 0.2) is 59.5 Å². The van der Waals surface area contributed by atoms with E-state index in [1.807, 2.05) is 11.8 Å². The molecular formula is C53H57F2N9O9. The van der Waals surface area contributed by atoms with Gasteiger partial charge in [-0.05, 0) is 81.5 Å². The van der Waals surface area contributed by atoms with E-state index >= 15 is 8.78 Å². The number of β-amino-alcohol motifs (C(OH)–C–C–N with tert-alkyl or cyclic N) is 1. The number of carbonyl (C=O) groups excluding carboxylic acids is 3. The van der Waals surface area contributed by atoms with Crippen molar-refractivity contribution in [3.8, 4) is 35.4 Å². The minimum Gasteiger partial charge on any atom is -0.491 e. The van der Waals surface area contributed by atoms with Crippen molar-refractivity contribution in [3.63, 3.8) is 0 Å². The highest BCUT2D eigenvalue weighted by molar-refractivity contribution is 6.02. The molecule has 4 fully saturated rings. The summed E-state index contributed by atoms with van der Waals surface area (Å²) in [5.41, 5.74) is -0.343. The molecule has 20 heteroatoms. The molecule has 3 aromatic carbocycles. The number of terminal acetylenes is 1. The van der Waals surface area contributed by atoms with Crippen molar-refractivity contribution in [2.45, 2.75) is 87.9 Å². The molecule has 3 aromatic heterocycles. The topological polar surface area (TPSA) is 204 Å². The zero-order valence-corrected chi connectivity index (χ0v) is 40.8. The molecule has 0 spiro atoms. The van der Waals surface area contributed by atoms with E-state index in [1.54, 1.807) is 49.5 Å². The number of benzene rings is 3. The van der Waals surface area contributed by atoms with Gasteiger partial charge in [0.05, 0.1) is 46.3 Å². The third-order valence-electron chi connectivity index (χ3n) is 15.1. The van der Waals surface area contributed by atoms with Crippen molar-refractivity contribution in [1.82, 2.24) is 39.6 Å². The molecule has 4 saturated heterocycles. The number of hydrogen-bond acceptors (Lipinski definition) is 14. The van der Waals surface area contributed by atoms with Crippen molar-refractivity contribution in [2.24, 2.45) is 7.05 Å². The molecule has 73 heavy (non-hydrogen) atoms. The summed E-state index contributed by atoms with van der Waals surface area (Å²) in [7, 11) is 1.61. The van der Waals surface area contributed by atoms with Crippen LogP contribution in [0.4, 0.5) is 19.4 Å². The van der Waals surface area contributed by atoms with Crippen LogP contribution in [0.25, 0.3) is 44.0 Å². The Morgan fingerprint density at radius 2 is 1.85 bits per heavy atom. The monoisotopic (exact) mass is 1000 g/mol. The van der Waals surface area contributed by atoms with Crippen LogP contribution in [0.2, 0.25) is 0 Å². The number of carbonyl (C=O) groups is 3. The largest absolute Gasteiger partial charge is 0.491 e. The summed E-state index contributed by atoms with van der Waals surface area (Å²) in [6, 6.07) is 12.3. The predicted molar refractivity (Wildman–Crippen MR) is 266 cm³/mol.